The molecule has 0 saturated carbocycles. The van der Waals surface area contributed by atoms with Crippen molar-refractivity contribution in [2.75, 3.05) is 33.7 Å². The van der Waals surface area contributed by atoms with E-state index in [0.717, 1.165) is 0 Å². The van der Waals surface area contributed by atoms with E-state index in [1.807, 2.05) is 19.0 Å². The summed E-state index contributed by atoms with van der Waals surface area (Å²) in [4.78, 5) is 2.09. The molecule has 0 aliphatic carbocycles. The van der Waals surface area contributed by atoms with E-state index in [2.05, 4.69) is 5.16 Å². The molecule has 1 aromatic heterocycles. The quantitative estimate of drug-likeness (QED) is 0.876. The Labute approximate surface area is 131 Å². The molecule has 1 saturated heterocycles. The van der Waals surface area contributed by atoms with Crippen LogP contribution in [0.1, 0.15) is 30.7 Å². The van der Waals surface area contributed by atoms with Crippen LogP contribution >= 0.6 is 0 Å². The van der Waals surface area contributed by atoms with Gasteiger partial charge in [0, 0.05) is 19.6 Å². The van der Waals surface area contributed by atoms with Gasteiger partial charge in [-0.2, -0.15) is 4.31 Å². The molecule has 126 valence electrons. The highest BCUT2D eigenvalue weighted by Gasteiger charge is 2.36. The number of nitrogens with zero attached hydrogens (tertiary/aromatic N) is 3. The molecule has 1 N–H and O–H groups in total. The third-order valence-corrected chi connectivity index (χ3v) is 6.20. The second-order valence-corrected chi connectivity index (χ2v) is 8.25. The second kappa shape index (κ2) is 6.27. The Kier molecular flexibility index (Phi) is 4.96. The molecule has 1 aromatic rings. The molecule has 0 unspecified atom stereocenters. The van der Waals surface area contributed by atoms with Gasteiger partial charge in [0.2, 0.25) is 10.0 Å². The molecule has 1 aliphatic heterocycles. The van der Waals surface area contributed by atoms with Gasteiger partial charge in [0.05, 0.1) is 5.60 Å². The van der Waals surface area contributed by atoms with Crippen molar-refractivity contribution < 1.29 is 18.0 Å². The van der Waals surface area contributed by atoms with E-state index in [4.69, 9.17) is 4.52 Å². The molecule has 0 radical (unpaired) electrons. The molecule has 0 spiro atoms. The topological polar surface area (TPSA) is 86.9 Å². The third kappa shape index (κ3) is 3.51. The van der Waals surface area contributed by atoms with Gasteiger partial charge in [0.25, 0.3) is 0 Å². The minimum Gasteiger partial charge on any atom is -0.389 e. The van der Waals surface area contributed by atoms with Crippen molar-refractivity contribution in [1.82, 2.24) is 14.4 Å². The van der Waals surface area contributed by atoms with Crippen LogP contribution in [0, 0.1) is 13.8 Å². The van der Waals surface area contributed by atoms with Gasteiger partial charge in [-0.1, -0.05) is 5.16 Å². The van der Waals surface area contributed by atoms with Gasteiger partial charge in [-0.15, -0.1) is 0 Å². The molecular weight excluding hydrogens is 306 g/mol. The van der Waals surface area contributed by atoms with Gasteiger partial charge in [-0.05, 0) is 47.2 Å². The maximum Gasteiger partial charge on any atom is 0.248 e. The molecule has 1 aliphatic rings. The Morgan fingerprint density at radius 2 is 2.00 bits per heavy atom. The maximum atomic E-state index is 12.8. The van der Waals surface area contributed by atoms with E-state index < -0.39 is 15.6 Å². The standard InChI is InChI=1S/C14H25N3O4S/c1-11-13(12(2)21-15-11)22(19,20)17-8-5-6-14(18,7-9-17)10-16(3)4/h18H,5-10H2,1-4H3/t14-/m1/s1. The number of sulfonamides is 1. The number of hydrogen-bond donors (Lipinski definition) is 1. The van der Waals surface area contributed by atoms with Gasteiger partial charge >= 0.3 is 0 Å². The van der Waals surface area contributed by atoms with Gasteiger partial charge in [-0.25, -0.2) is 8.42 Å². The zero-order valence-electron chi connectivity index (χ0n) is 13.7. The summed E-state index contributed by atoms with van der Waals surface area (Å²) in [5, 5.41) is 14.4. The van der Waals surface area contributed by atoms with Crippen molar-refractivity contribution in [3.63, 3.8) is 0 Å². The third-order valence-electron chi connectivity index (χ3n) is 4.05. The predicted molar refractivity (Wildman–Crippen MR) is 82.1 cm³/mol. The Morgan fingerprint density at radius 1 is 1.32 bits per heavy atom. The molecule has 2 heterocycles. The van der Waals surface area contributed by atoms with Crippen LogP contribution in [-0.2, 0) is 10.0 Å². The van der Waals surface area contributed by atoms with Crippen LogP contribution in [0.2, 0.25) is 0 Å². The van der Waals surface area contributed by atoms with Crippen LogP contribution in [0.3, 0.4) is 0 Å². The van der Waals surface area contributed by atoms with Crippen molar-refractivity contribution in [1.29, 1.82) is 0 Å². The van der Waals surface area contributed by atoms with Gasteiger partial charge in [-0.3, -0.25) is 0 Å². The monoisotopic (exact) mass is 331 g/mol. The smallest absolute Gasteiger partial charge is 0.248 e. The number of aliphatic hydroxyl groups is 1. The summed E-state index contributed by atoms with van der Waals surface area (Å²) in [6, 6.07) is 0. The second-order valence-electron chi connectivity index (χ2n) is 6.37. The van der Waals surface area contributed by atoms with E-state index in [9.17, 15) is 13.5 Å². The molecule has 1 atom stereocenters. The van der Waals surface area contributed by atoms with E-state index in [0.29, 0.717) is 50.4 Å². The Morgan fingerprint density at radius 3 is 2.55 bits per heavy atom. The van der Waals surface area contributed by atoms with Crippen molar-refractivity contribution in [3.05, 3.63) is 11.5 Å². The fraction of sp³-hybridized carbons (Fsp3) is 0.786. The number of likely N-dealkylation sites (N-methyl/N-ethyl adjacent to an activating group) is 1. The highest BCUT2D eigenvalue weighted by molar-refractivity contribution is 7.89. The van der Waals surface area contributed by atoms with Crippen LogP contribution in [0.15, 0.2) is 9.42 Å². The molecule has 8 heteroatoms. The summed E-state index contributed by atoms with van der Waals surface area (Å²) >= 11 is 0. The molecular formula is C14H25N3O4S. The van der Waals surface area contributed by atoms with Crippen LogP contribution in [0.4, 0.5) is 0 Å². The van der Waals surface area contributed by atoms with Crippen LogP contribution in [0.25, 0.3) is 0 Å². The first kappa shape index (κ1) is 17.4. The van der Waals surface area contributed by atoms with Crippen LogP contribution in [0.5, 0.6) is 0 Å². The fourth-order valence-electron chi connectivity index (χ4n) is 3.11. The van der Waals surface area contributed by atoms with E-state index in [1.54, 1.807) is 13.8 Å². The lowest BCUT2D eigenvalue weighted by Gasteiger charge is -2.29. The first-order chi connectivity index (χ1) is 10.2. The zero-order valence-corrected chi connectivity index (χ0v) is 14.5. The molecule has 1 fully saturated rings. The highest BCUT2D eigenvalue weighted by atomic mass is 32.2. The number of aromatic nitrogens is 1. The van der Waals surface area contributed by atoms with Crippen molar-refractivity contribution in [2.45, 2.75) is 43.6 Å². The summed E-state index contributed by atoms with van der Waals surface area (Å²) < 4.78 is 32.0. The van der Waals surface area contributed by atoms with E-state index in [1.165, 1.54) is 4.31 Å². The number of hydrogen-bond acceptors (Lipinski definition) is 6. The van der Waals surface area contributed by atoms with Crippen LogP contribution < -0.4 is 0 Å². The summed E-state index contributed by atoms with van der Waals surface area (Å²) in [6.45, 7) is 4.47. The molecule has 22 heavy (non-hydrogen) atoms. The largest absolute Gasteiger partial charge is 0.389 e. The average Bonchev–Trinajstić information content (AvgIpc) is 2.60. The Bertz CT molecular complexity index is 607. The normalized spacial score (nSPS) is 24.6. The lowest BCUT2D eigenvalue weighted by molar-refractivity contribution is 0.00405. The summed E-state index contributed by atoms with van der Waals surface area (Å²) in [5.41, 5.74) is -0.461. The summed E-state index contributed by atoms with van der Waals surface area (Å²) in [6.07, 6.45) is 1.65. The summed E-state index contributed by atoms with van der Waals surface area (Å²) in [5.74, 6) is 0.310. The average molecular weight is 331 g/mol. The van der Waals surface area contributed by atoms with Gasteiger partial charge in [0.1, 0.15) is 10.6 Å². The Hall–Kier alpha value is -0.960. The molecule has 0 aromatic carbocycles. The van der Waals surface area contributed by atoms with Crippen LogP contribution in [-0.4, -0.2) is 67.2 Å². The first-order valence-electron chi connectivity index (χ1n) is 7.46. The van der Waals surface area contributed by atoms with E-state index in [-0.39, 0.29) is 4.90 Å². The number of rotatable bonds is 4. The molecule has 0 amide bonds. The lowest BCUT2D eigenvalue weighted by Crippen LogP contribution is -2.41. The Balaban J connectivity index is 2.21. The lowest BCUT2D eigenvalue weighted by atomic mass is 9.94. The van der Waals surface area contributed by atoms with Crippen molar-refractivity contribution in [2.24, 2.45) is 0 Å². The minimum absolute atomic E-state index is 0.158. The molecule has 0 bridgehead atoms. The summed E-state index contributed by atoms with van der Waals surface area (Å²) in [7, 11) is 0.178. The highest BCUT2D eigenvalue weighted by Crippen LogP contribution is 2.29. The van der Waals surface area contributed by atoms with E-state index >= 15 is 0 Å². The van der Waals surface area contributed by atoms with Crippen molar-refractivity contribution >= 4 is 10.0 Å². The maximum absolute atomic E-state index is 12.8. The van der Waals surface area contributed by atoms with Gasteiger partial charge < -0.3 is 14.5 Å². The van der Waals surface area contributed by atoms with Crippen molar-refractivity contribution in [3.8, 4) is 0 Å². The predicted octanol–water partition coefficient (Wildman–Crippen LogP) is 0.759. The van der Waals surface area contributed by atoms with Gasteiger partial charge in [0.15, 0.2) is 5.76 Å². The first-order valence-corrected chi connectivity index (χ1v) is 8.90. The molecule has 7 nitrogen and oxygen atoms in total. The fourth-order valence-corrected chi connectivity index (χ4v) is 4.88. The molecule has 2 rings (SSSR count). The zero-order chi connectivity index (χ0) is 16.5. The SMILES string of the molecule is Cc1noc(C)c1S(=O)(=O)N1CCC[C@](O)(CN(C)C)CC1. The minimum atomic E-state index is -3.63. The number of aryl methyl sites for hydroxylation is 2.